The summed E-state index contributed by atoms with van der Waals surface area (Å²) in [6, 6.07) is 15.7. The minimum atomic E-state index is -0.906. The van der Waals surface area contributed by atoms with Gasteiger partial charge in [0.15, 0.2) is 5.37 Å². The molecule has 1 fully saturated rings. The first-order chi connectivity index (χ1) is 11.5. The lowest BCUT2D eigenvalue weighted by Crippen LogP contribution is -2.44. The van der Waals surface area contributed by atoms with E-state index < -0.39 is 11.3 Å². The van der Waals surface area contributed by atoms with Crippen molar-refractivity contribution in [2.75, 3.05) is 9.80 Å². The van der Waals surface area contributed by atoms with Gasteiger partial charge in [0.25, 0.3) is 11.1 Å². The summed E-state index contributed by atoms with van der Waals surface area (Å²) in [6.07, 6.45) is 0. The topological polar surface area (TPSA) is 57.7 Å². The minimum Gasteiger partial charge on any atom is -0.290 e. The van der Waals surface area contributed by atoms with Crippen LogP contribution in [-0.4, -0.2) is 22.4 Å². The first kappa shape index (κ1) is 16.7. The highest BCUT2D eigenvalue weighted by Gasteiger charge is 2.45. The Balaban J connectivity index is 1.95. The van der Waals surface area contributed by atoms with Gasteiger partial charge in [-0.3, -0.25) is 19.3 Å². The Morgan fingerprint density at radius 1 is 1.08 bits per heavy atom. The van der Waals surface area contributed by atoms with Gasteiger partial charge in [-0.05, 0) is 48.2 Å². The number of nitrogens with zero attached hydrogens (tertiary/aromatic N) is 2. The molecule has 1 aliphatic rings. The molecule has 1 saturated heterocycles. The van der Waals surface area contributed by atoms with Gasteiger partial charge in [-0.25, -0.2) is 4.90 Å². The number of anilines is 2. The first-order valence-electron chi connectivity index (χ1n) is 7.14. The summed E-state index contributed by atoms with van der Waals surface area (Å²) in [4.78, 5) is 39.7. The zero-order chi connectivity index (χ0) is 17.3. The number of amides is 3. The average molecular weight is 405 g/mol. The number of rotatable bonds is 3. The third kappa shape index (κ3) is 3.09. The second-order valence-electron chi connectivity index (χ2n) is 5.11. The summed E-state index contributed by atoms with van der Waals surface area (Å²) in [5, 5.41) is -1.30. The van der Waals surface area contributed by atoms with Crippen molar-refractivity contribution in [3.63, 3.8) is 0 Å². The lowest BCUT2D eigenvalue weighted by molar-refractivity contribution is -0.121. The molecule has 0 radical (unpaired) electrons. The lowest BCUT2D eigenvalue weighted by atomic mass is 10.2. The largest absolute Gasteiger partial charge is 0.295 e. The first-order valence-corrected chi connectivity index (χ1v) is 8.81. The zero-order valence-corrected chi connectivity index (χ0v) is 15.1. The van der Waals surface area contributed by atoms with Crippen molar-refractivity contribution in [2.24, 2.45) is 0 Å². The Morgan fingerprint density at radius 2 is 1.71 bits per heavy atom. The monoisotopic (exact) mass is 404 g/mol. The maximum absolute atomic E-state index is 12.8. The van der Waals surface area contributed by atoms with Crippen LogP contribution in [0.1, 0.15) is 6.92 Å². The number of carbonyl (C=O) groups is 3. The molecule has 0 N–H and O–H groups in total. The van der Waals surface area contributed by atoms with E-state index in [0.717, 1.165) is 21.1 Å². The number of benzene rings is 2. The third-order valence-electron chi connectivity index (χ3n) is 3.52. The van der Waals surface area contributed by atoms with Gasteiger partial charge in [-0.15, -0.1) is 0 Å². The molecule has 0 saturated carbocycles. The molecule has 24 heavy (non-hydrogen) atoms. The van der Waals surface area contributed by atoms with Crippen LogP contribution in [-0.2, 0) is 9.59 Å². The Bertz CT molecular complexity index is 795. The van der Waals surface area contributed by atoms with Gasteiger partial charge in [-0.2, -0.15) is 0 Å². The molecule has 7 heteroatoms. The van der Waals surface area contributed by atoms with Crippen LogP contribution in [0.15, 0.2) is 59.1 Å². The fraction of sp³-hybridized carbons (Fsp3) is 0.118. The fourth-order valence-corrected chi connectivity index (χ4v) is 3.79. The average Bonchev–Trinajstić information content (AvgIpc) is 2.84. The second-order valence-corrected chi connectivity index (χ2v) is 7.06. The van der Waals surface area contributed by atoms with Crippen LogP contribution >= 0.6 is 27.7 Å². The molecular weight excluding hydrogens is 392 g/mol. The number of hydrogen-bond donors (Lipinski definition) is 0. The molecular formula is C17H13BrN2O3S. The van der Waals surface area contributed by atoms with Gasteiger partial charge in [0, 0.05) is 17.1 Å². The molecule has 0 aliphatic carbocycles. The maximum Gasteiger partial charge on any atom is 0.295 e. The highest BCUT2D eigenvalue weighted by Crippen LogP contribution is 2.36. The Kier molecular flexibility index (Phi) is 4.73. The lowest BCUT2D eigenvalue weighted by Gasteiger charge is -2.25. The third-order valence-corrected chi connectivity index (χ3v) is 5.07. The van der Waals surface area contributed by atoms with Crippen molar-refractivity contribution < 1.29 is 14.4 Å². The molecule has 2 aromatic rings. The molecule has 0 aromatic heterocycles. The molecule has 1 aliphatic heterocycles. The normalized spacial score (nSPS) is 17.2. The van der Waals surface area contributed by atoms with Gasteiger partial charge in [0.2, 0.25) is 5.91 Å². The van der Waals surface area contributed by atoms with Crippen LogP contribution in [0.2, 0.25) is 0 Å². The van der Waals surface area contributed by atoms with Crippen LogP contribution in [0.5, 0.6) is 0 Å². The van der Waals surface area contributed by atoms with E-state index in [2.05, 4.69) is 15.9 Å². The van der Waals surface area contributed by atoms with E-state index in [0.29, 0.717) is 11.4 Å². The van der Waals surface area contributed by atoms with E-state index in [1.54, 1.807) is 48.5 Å². The predicted molar refractivity (Wildman–Crippen MR) is 98.0 cm³/mol. The van der Waals surface area contributed by atoms with Gasteiger partial charge in [0.1, 0.15) is 0 Å². The molecule has 122 valence electrons. The van der Waals surface area contributed by atoms with Crippen molar-refractivity contribution in [3.8, 4) is 0 Å². The second kappa shape index (κ2) is 6.78. The van der Waals surface area contributed by atoms with Gasteiger partial charge >= 0.3 is 0 Å². The summed E-state index contributed by atoms with van der Waals surface area (Å²) < 4.78 is 0.863. The standard InChI is InChI=1S/C17H13BrN2O3S/c1-11(21)19(14-9-7-12(18)8-10-14)16-15(22)20(17(23)24-16)13-5-3-2-4-6-13/h2-10,16H,1H3. The summed E-state index contributed by atoms with van der Waals surface area (Å²) in [5.74, 6) is -0.722. The number of imide groups is 1. The van der Waals surface area contributed by atoms with Crippen molar-refractivity contribution in [1.82, 2.24) is 0 Å². The maximum atomic E-state index is 12.8. The van der Waals surface area contributed by atoms with Gasteiger partial charge < -0.3 is 0 Å². The van der Waals surface area contributed by atoms with E-state index in [-0.39, 0.29) is 11.1 Å². The molecule has 1 atom stereocenters. The Morgan fingerprint density at radius 3 is 2.29 bits per heavy atom. The molecule has 5 nitrogen and oxygen atoms in total. The Labute approximate surface area is 151 Å². The van der Waals surface area contributed by atoms with E-state index in [4.69, 9.17) is 0 Å². The van der Waals surface area contributed by atoms with Crippen LogP contribution in [0, 0.1) is 0 Å². The van der Waals surface area contributed by atoms with E-state index in [9.17, 15) is 14.4 Å². The quantitative estimate of drug-likeness (QED) is 0.774. The van der Waals surface area contributed by atoms with E-state index in [1.165, 1.54) is 11.8 Å². The molecule has 3 rings (SSSR count). The van der Waals surface area contributed by atoms with Crippen LogP contribution in [0.3, 0.4) is 0 Å². The summed E-state index contributed by atoms with van der Waals surface area (Å²) in [6.45, 7) is 1.38. The highest BCUT2D eigenvalue weighted by molar-refractivity contribution is 9.10. The molecule has 1 heterocycles. The van der Waals surface area contributed by atoms with Crippen LogP contribution in [0.25, 0.3) is 0 Å². The summed E-state index contributed by atoms with van der Waals surface area (Å²) >= 11 is 4.18. The van der Waals surface area contributed by atoms with Crippen LogP contribution < -0.4 is 9.80 Å². The van der Waals surface area contributed by atoms with Crippen molar-refractivity contribution in [2.45, 2.75) is 12.3 Å². The van der Waals surface area contributed by atoms with E-state index >= 15 is 0 Å². The number of hydrogen-bond acceptors (Lipinski definition) is 4. The van der Waals surface area contributed by atoms with Crippen molar-refractivity contribution in [1.29, 1.82) is 0 Å². The highest BCUT2D eigenvalue weighted by atomic mass is 79.9. The van der Waals surface area contributed by atoms with Crippen molar-refractivity contribution in [3.05, 3.63) is 59.1 Å². The number of thioether (sulfide) groups is 1. The van der Waals surface area contributed by atoms with Crippen LogP contribution in [0.4, 0.5) is 16.2 Å². The Hall–Kier alpha value is -2.12. The van der Waals surface area contributed by atoms with Gasteiger partial charge in [0.05, 0.1) is 5.69 Å². The zero-order valence-electron chi connectivity index (χ0n) is 12.7. The number of para-hydroxylation sites is 1. The van der Waals surface area contributed by atoms with Crippen molar-refractivity contribution >= 4 is 56.1 Å². The number of halogens is 1. The minimum absolute atomic E-state index is 0.300. The molecule has 3 amide bonds. The van der Waals surface area contributed by atoms with E-state index in [1.807, 2.05) is 6.07 Å². The SMILES string of the molecule is CC(=O)N(c1ccc(Br)cc1)C1SC(=O)N(c2ccccc2)C1=O. The molecule has 2 aromatic carbocycles. The molecule has 0 bridgehead atoms. The van der Waals surface area contributed by atoms with Gasteiger partial charge in [-0.1, -0.05) is 34.1 Å². The molecule has 1 unspecified atom stereocenters. The fourth-order valence-electron chi connectivity index (χ4n) is 2.46. The molecule has 0 spiro atoms. The predicted octanol–water partition coefficient (Wildman–Crippen LogP) is 4.03. The smallest absolute Gasteiger partial charge is 0.290 e. The number of carbonyl (C=O) groups excluding carboxylic acids is 3. The summed E-state index contributed by atoms with van der Waals surface area (Å²) in [5.41, 5.74) is 1.07. The summed E-state index contributed by atoms with van der Waals surface area (Å²) in [7, 11) is 0.